The van der Waals surface area contributed by atoms with Crippen LogP contribution < -0.4 is 15.4 Å². The lowest BCUT2D eigenvalue weighted by Gasteiger charge is -2.34. The van der Waals surface area contributed by atoms with E-state index in [-0.39, 0.29) is 18.0 Å². The maximum atomic E-state index is 13.0. The molecule has 1 atom stereocenters. The van der Waals surface area contributed by atoms with E-state index in [0.717, 1.165) is 0 Å². The van der Waals surface area contributed by atoms with Crippen molar-refractivity contribution < 1.29 is 27.5 Å². The average Bonchev–Trinajstić information content (AvgIpc) is 2.65. The Kier molecular flexibility index (Phi) is 6.57. The lowest BCUT2D eigenvalue weighted by Crippen LogP contribution is -2.52. The summed E-state index contributed by atoms with van der Waals surface area (Å²) in [5.41, 5.74) is 0.691. The van der Waals surface area contributed by atoms with Crippen molar-refractivity contribution in [1.29, 1.82) is 0 Å². The van der Waals surface area contributed by atoms with Gasteiger partial charge in [0.05, 0.1) is 25.2 Å². The molecule has 9 nitrogen and oxygen atoms in total. The molecular weight excluding hydrogens is 362 g/mol. The largest absolute Gasteiger partial charge is 0.496 e. The van der Waals surface area contributed by atoms with Crippen molar-refractivity contribution in [3.05, 3.63) is 23.8 Å². The highest BCUT2D eigenvalue weighted by Crippen LogP contribution is 2.26. The number of amides is 2. The summed E-state index contributed by atoms with van der Waals surface area (Å²) in [6.45, 7) is 2.26. The van der Waals surface area contributed by atoms with Crippen molar-refractivity contribution in [3.8, 4) is 5.75 Å². The first-order valence-electron chi connectivity index (χ1n) is 8.09. The molecule has 2 N–H and O–H groups in total. The number of benzene rings is 1. The van der Waals surface area contributed by atoms with E-state index in [0.29, 0.717) is 24.3 Å². The van der Waals surface area contributed by atoms with E-state index < -0.39 is 28.1 Å². The molecule has 0 saturated carbocycles. The summed E-state index contributed by atoms with van der Waals surface area (Å²) in [7, 11) is -0.982. The molecule has 0 aromatic heterocycles. The Bertz CT molecular complexity index is 780. The number of methoxy groups -OCH3 is 1. The molecule has 1 fully saturated rings. The predicted molar refractivity (Wildman–Crippen MR) is 93.1 cm³/mol. The van der Waals surface area contributed by atoms with Crippen LogP contribution in [0.5, 0.6) is 5.75 Å². The van der Waals surface area contributed by atoms with Crippen LogP contribution in [0.15, 0.2) is 23.1 Å². The lowest BCUT2D eigenvalue weighted by molar-refractivity contribution is -0.139. The first kappa shape index (κ1) is 20.1. The van der Waals surface area contributed by atoms with Crippen molar-refractivity contribution >= 4 is 21.8 Å². The van der Waals surface area contributed by atoms with Gasteiger partial charge in [0, 0.05) is 13.6 Å². The number of nitrogens with one attached hydrogen (secondary N) is 2. The van der Waals surface area contributed by atoms with Gasteiger partial charge in [0.2, 0.25) is 10.0 Å². The normalized spacial score (nSPS) is 18.2. The minimum atomic E-state index is -3.83. The highest BCUT2D eigenvalue weighted by molar-refractivity contribution is 7.89. The number of likely N-dealkylation sites (N-methyl/N-ethyl adjacent to an activating group) is 1. The first-order valence-corrected chi connectivity index (χ1v) is 9.53. The standard InChI is InChI=1S/C16H23N3O6S/c1-11-9-12(5-6-13(11)24-3)26(22,23)19-7-4-8-25-14(19)10-18-16(21)15(20)17-2/h5-6,9,14H,4,7-8,10H2,1-3H3,(H,17,20)(H,18,21)/t14-/m0/s1. The molecule has 10 heteroatoms. The Balaban J connectivity index is 2.20. The van der Waals surface area contributed by atoms with Crippen molar-refractivity contribution in [2.24, 2.45) is 0 Å². The van der Waals surface area contributed by atoms with Gasteiger partial charge in [-0.1, -0.05) is 0 Å². The minimum absolute atomic E-state index is 0.115. The first-order chi connectivity index (χ1) is 12.3. The molecule has 1 aromatic carbocycles. The zero-order valence-electron chi connectivity index (χ0n) is 14.9. The monoisotopic (exact) mass is 385 g/mol. The van der Waals surface area contributed by atoms with Crippen molar-refractivity contribution in [2.75, 3.05) is 33.9 Å². The summed E-state index contributed by atoms with van der Waals surface area (Å²) >= 11 is 0. The van der Waals surface area contributed by atoms with Crippen LogP contribution in [0.25, 0.3) is 0 Å². The molecule has 1 aliphatic heterocycles. The van der Waals surface area contributed by atoms with Gasteiger partial charge in [-0.3, -0.25) is 9.59 Å². The number of ether oxygens (including phenoxy) is 2. The summed E-state index contributed by atoms with van der Waals surface area (Å²) in [5, 5.41) is 4.59. The highest BCUT2D eigenvalue weighted by Gasteiger charge is 2.35. The summed E-state index contributed by atoms with van der Waals surface area (Å²) in [6, 6.07) is 4.59. The Morgan fingerprint density at radius 3 is 2.69 bits per heavy atom. The Labute approximate surface area is 152 Å². The maximum absolute atomic E-state index is 13.0. The minimum Gasteiger partial charge on any atom is -0.496 e. The lowest BCUT2D eigenvalue weighted by atomic mass is 10.2. The molecule has 0 unspecified atom stereocenters. The Morgan fingerprint density at radius 1 is 1.35 bits per heavy atom. The van der Waals surface area contributed by atoms with E-state index in [1.807, 2.05) is 0 Å². The highest BCUT2D eigenvalue weighted by atomic mass is 32.2. The van der Waals surface area contributed by atoms with Gasteiger partial charge in [0.1, 0.15) is 12.0 Å². The van der Waals surface area contributed by atoms with Gasteiger partial charge in [-0.2, -0.15) is 4.31 Å². The van der Waals surface area contributed by atoms with E-state index in [2.05, 4.69) is 10.6 Å². The molecule has 0 spiro atoms. The van der Waals surface area contributed by atoms with E-state index in [1.54, 1.807) is 13.0 Å². The van der Waals surface area contributed by atoms with Gasteiger partial charge < -0.3 is 20.1 Å². The number of nitrogens with zero attached hydrogens (tertiary/aromatic N) is 1. The molecule has 0 aliphatic carbocycles. The van der Waals surface area contributed by atoms with Gasteiger partial charge in [-0.25, -0.2) is 8.42 Å². The number of sulfonamides is 1. The molecule has 1 aliphatic rings. The van der Waals surface area contributed by atoms with Crippen LogP contribution in [-0.2, 0) is 24.3 Å². The van der Waals surface area contributed by atoms with Crippen LogP contribution in [0.2, 0.25) is 0 Å². The van der Waals surface area contributed by atoms with Crippen molar-refractivity contribution in [1.82, 2.24) is 14.9 Å². The average molecular weight is 385 g/mol. The third-order valence-electron chi connectivity index (χ3n) is 4.00. The second kappa shape index (κ2) is 8.47. The van der Waals surface area contributed by atoms with Crippen LogP contribution in [0.3, 0.4) is 0 Å². The maximum Gasteiger partial charge on any atom is 0.309 e. The van der Waals surface area contributed by atoms with Gasteiger partial charge >= 0.3 is 11.8 Å². The molecule has 26 heavy (non-hydrogen) atoms. The van der Waals surface area contributed by atoms with Gasteiger partial charge in [0.25, 0.3) is 0 Å². The third kappa shape index (κ3) is 4.32. The van der Waals surface area contributed by atoms with E-state index in [9.17, 15) is 18.0 Å². The number of hydrogen-bond donors (Lipinski definition) is 2. The van der Waals surface area contributed by atoms with Crippen LogP contribution in [-0.4, -0.2) is 64.6 Å². The zero-order chi connectivity index (χ0) is 19.3. The Hall–Kier alpha value is -2.17. The summed E-state index contributed by atoms with van der Waals surface area (Å²) in [6.07, 6.45) is -0.349. The van der Waals surface area contributed by atoms with Gasteiger partial charge in [0.15, 0.2) is 0 Å². The van der Waals surface area contributed by atoms with Gasteiger partial charge in [-0.15, -0.1) is 0 Å². The van der Waals surface area contributed by atoms with E-state index >= 15 is 0 Å². The fraction of sp³-hybridized carbons (Fsp3) is 0.500. The van der Waals surface area contributed by atoms with Crippen LogP contribution in [0.1, 0.15) is 12.0 Å². The second-order valence-corrected chi connectivity index (χ2v) is 7.61. The molecule has 2 rings (SSSR count). The molecule has 1 heterocycles. The predicted octanol–water partition coefficient (Wildman–Crippen LogP) is -0.397. The number of aryl methyl sites for hydroxylation is 1. The summed E-state index contributed by atoms with van der Waals surface area (Å²) < 4.78 is 37.9. The SMILES string of the molecule is CNC(=O)C(=O)NC[C@@H]1OCCCN1S(=O)(=O)c1ccc(OC)c(C)c1. The second-order valence-electron chi connectivity index (χ2n) is 5.72. The molecule has 0 bridgehead atoms. The number of carbonyl (C=O) groups is 2. The smallest absolute Gasteiger partial charge is 0.309 e. The van der Waals surface area contributed by atoms with Crippen molar-refractivity contribution in [3.63, 3.8) is 0 Å². The number of hydrogen-bond acceptors (Lipinski definition) is 6. The van der Waals surface area contributed by atoms with Crippen LogP contribution in [0.4, 0.5) is 0 Å². The molecule has 0 radical (unpaired) electrons. The molecule has 1 saturated heterocycles. The fourth-order valence-electron chi connectivity index (χ4n) is 2.62. The summed E-state index contributed by atoms with van der Waals surface area (Å²) in [5.74, 6) is -1.06. The molecular formula is C16H23N3O6S. The number of rotatable bonds is 5. The zero-order valence-corrected chi connectivity index (χ0v) is 15.8. The quantitative estimate of drug-likeness (QED) is 0.667. The van der Waals surface area contributed by atoms with E-state index in [1.165, 1.54) is 30.6 Å². The van der Waals surface area contributed by atoms with Crippen molar-refractivity contribution in [2.45, 2.75) is 24.5 Å². The van der Waals surface area contributed by atoms with Crippen LogP contribution in [0, 0.1) is 6.92 Å². The van der Waals surface area contributed by atoms with Crippen LogP contribution >= 0.6 is 0 Å². The number of carbonyl (C=O) groups excluding carboxylic acids is 2. The Morgan fingerprint density at radius 2 is 2.08 bits per heavy atom. The van der Waals surface area contributed by atoms with Gasteiger partial charge in [-0.05, 0) is 37.1 Å². The topological polar surface area (TPSA) is 114 Å². The molecule has 1 aromatic rings. The third-order valence-corrected chi connectivity index (χ3v) is 5.88. The van der Waals surface area contributed by atoms with E-state index in [4.69, 9.17) is 9.47 Å². The molecule has 2 amide bonds. The summed E-state index contributed by atoms with van der Waals surface area (Å²) in [4.78, 5) is 23.0. The fourth-order valence-corrected chi connectivity index (χ4v) is 4.27. The molecule has 144 valence electrons.